The molecule has 1 aromatic carbocycles. The van der Waals surface area contributed by atoms with Crippen LogP contribution in [0.4, 0.5) is 17.3 Å². The van der Waals surface area contributed by atoms with Gasteiger partial charge in [0.1, 0.15) is 24.5 Å². The molecule has 2 aromatic heterocycles. The van der Waals surface area contributed by atoms with Crippen LogP contribution in [0.1, 0.15) is 25.5 Å². The lowest BCUT2D eigenvalue weighted by atomic mass is 10.1. The lowest BCUT2D eigenvalue weighted by molar-refractivity contribution is -0.116. The first-order valence-corrected chi connectivity index (χ1v) is 10.7. The Morgan fingerprint density at radius 1 is 1.00 bits per heavy atom. The molecule has 1 amide bonds. The Hall–Kier alpha value is -3.75. The maximum absolute atomic E-state index is 12.5. The summed E-state index contributed by atoms with van der Waals surface area (Å²) in [5.41, 5.74) is 1.67. The van der Waals surface area contributed by atoms with Crippen molar-refractivity contribution in [2.24, 2.45) is 0 Å². The largest absolute Gasteiger partial charge is 0.368 e. The van der Waals surface area contributed by atoms with Crippen LogP contribution in [0.3, 0.4) is 0 Å². The van der Waals surface area contributed by atoms with Crippen molar-refractivity contribution in [2.45, 2.75) is 26.3 Å². The molecule has 4 rings (SSSR count). The average Bonchev–Trinajstić information content (AvgIpc) is 2.81. The molecule has 1 aliphatic heterocycles. The van der Waals surface area contributed by atoms with E-state index < -0.39 is 0 Å². The Morgan fingerprint density at radius 2 is 1.72 bits per heavy atom. The molecule has 1 aliphatic rings. The molecule has 32 heavy (non-hydrogen) atoms. The third kappa shape index (κ3) is 5.11. The molecule has 0 saturated carbocycles. The second-order valence-corrected chi connectivity index (χ2v) is 8.05. The van der Waals surface area contributed by atoms with Gasteiger partial charge in [-0.1, -0.05) is 32.0 Å². The molecule has 0 atom stereocenters. The van der Waals surface area contributed by atoms with E-state index in [4.69, 9.17) is 0 Å². The molecule has 0 bridgehead atoms. The van der Waals surface area contributed by atoms with E-state index in [0.29, 0.717) is 11.5 Å². The third-order valence-electron chi connectivity index (χ3n) is 5.45. The summed E-state index contributed by atoms with van der Waals surface area (Å²) in [5, 5.41) is 2.75. The summed E-state index contributed by atoms with van der Waals surface area (Å²) >= 11 is 0. The molecule has 1 N–H and O–H groups in total. The SMILES string of the molecule is CC(C)c1cc(=O)n(CC(=O)Nc2cc(N3CCN(c4ccccc4)CC3)ncn2)cn1. The molecule has 1 saturated heterocycles. The number of rotatable bonds is 6. The first-order valence-electron chi connectivity index (χ1n) is 10.7. The number of nitrogens with one attached hydrogen (secondary N) is 1. The van der Waals surface area contributed by atoms with Gasteiger partial charge in [-0.05, 0) is 18.1 Å². The monoisotopic (exact) mass is 433 g/mol. The highest BCUT2D eigenvalue weighted by Gasteiger charge is 2.19. The number of carbonyl (C=O) groups excluding carboxylic acids is 1. The molecule has 0 radical (unpaired) electrons. The average molecular weight is 434 g/mol. The van der Waals surface area contributed by atoms with Crippen molar-refractivity contribution in [3.63, 3.8) is 0 Å². The zero-order valence-corrected chi connectivity index (χ0v) is 18.3. The minimum atomic E-state index is -0.343. The van der Waals surface area contributed by atoms with Gasteiger partial charge in [0.05, 0.1) is 12.0 Å². The highest BCUT2D eigenvalue weighted by molar-refractivity contribution is 5.89. The van der Waals surface area contributed by atoms with Crippen LogP contribution in [0.25, 0.3) is 0 Å². The molecule has 0 spiro atoms. The van der Waals surface area contributed by atoms with Crippen LogP contribution in [0.2, 0.25) is 0 Å². The topological polar surface area (TPSA) is 96.2 Å². The van der Waals surface area contributed by atoms with E-state index in [2.05, 4.69) is 42.2 Å². The van der Waals surface area contributed by atoms with Crippen molar-refractivity contribution in [1.82, 2.24) is 19.5 Å². The molecule has 0 unspecified atom stereocenters. The Kier molecular flexibility index (Phi) is 6.44. The molecule has 9 heteroatoms. The van der Waals surface area contributed by atoms with Gasteiger partial charge in [0.25, 0.3) is 5.56 Å². The molecule has 3 heterocycles. The molecule has 3 aromatic rings. The molecule has 1 fully saturated rings. The number of hydrogen-bond acceptors (Lipinski definition) is 7. The molecule has 9 nitrogen and oxygen atoms in total. The van der Waals surface area contributed by atoms with Gasteiger partial charge in [0, 0.05) is 44.0 Å². The van der Waals surface area contributed by atoms with Crippen LogP contribution in [-0.4, -0.2) is 51.6 Å². The number of aromatic nitrogens is 4. The van der Waals surface area contributed by atoms with E-state index in [-0.39, 0.29) is 23.9 Å². The first-order chi connectivity index (χ1) is 15.5. The second kappa shape index (κ2) is 9.59. The first kappa shape index (κ1) is 21.5. The summed E-state index contributed by atoms with van der Waals surface area (Å²) in [5.74, 6) is 0.985. The fraction of sp³-hybridized carbons (Fsp3) is 0.348. The van der Waals surface area contributed by atoms with Crippen LogP contribution < -0.4 is 20.7 Å². The summed E-state index contributed by atoms with van der Waals surface area (Å²) < 4.78 is 1.28. The number of hydrogen-bond donors (Lipinski definition) is 1. The predicted molar refractivity (Wildman–Crippen MR) is 124 cm³/mol. The number of carbonyl (C=O) groups is 1. The standard InChI is InChI=1S/C23H27N7O2/c1-17(2)19-12-23(32)30(16-26-19)14-22(31)27-20-13-21(25-15-24-20)29-10-8-28(9-11-29)18-6-4-3-5-7-18/h3-7,12-13,15-17H,8-11,14H2,1-2H3,(H,24,25,27,31). The van der Waals surface area contributed by atoms with Crippen molar-refractivity contribution in [3.05, 3.63) is 71.2 Å². The molecule has 0 aliphatic carbocycles. The van der Waals surface area contributed by atoms with Gasteiger partial charge < -0.3 is 15.1 Å². The highest BCUT2D eigenvalue weighted by Crippen LogP contribution is 2.20. The van der Waals surface area contributed by atoms with Crippen molar-refractivity contribution in [2.75, 3.05) is 41.3 Å². The predicted octanol–water partition coefficient (Wildman–Crippen LogP) is 2.12. The minimum absolute atomic E-state index is 0.126. The molecular weight excluding hydrogens is 406 g/mol. The van der Waals surface area contributed by atoms with Crippen LogP contribution in [0.5, 0.6) is 0 Å². The number of nitrogens with zero attached hydrogens (tertiary/aromatic N) is 6. The smallest absolute Gasteiger partial charge is 0.254 e. The third-order valence-corrected chi connectivity index (χ3v) is 5.45. The summed E-state index contributed by atoms with van der Waals surface area (Å²) in [6.07, 6.45) is 2.86. The van der Waals surface area contributed by atoms with Gasteiger partial charge >= 0.3 is 0 Å². The fourth-order valence-electron chi connectivity index (χ4n) is 3.63. The van der Waals surface area contributed by atoms with Crippen LogP contribution in [0.15, 0.2) is 59.9 Å². The number of anilines is 3. The minimum Gasteiger partial charge on any atom is -0.368 e. The summed E-state index contributed by atoms with van der Waals surface area (Å²) in [4.78, 5) is 42.0. The van der Waals surface area contributed by atoms with E-state index >= 15 is 0 Å². The van der Waals surface area contributed by atoms with Crippen molar-refractivity contribution >= 4 is 23.2 Å². The zero-order chi connectivity index (χ0) is 22.5. The quantitative estimate of drug-likeness (QED) is 0.636. The number of para-hydroxylation sites is 1. The number of amides is 1. The van der Waals surface area contributed by atoms with E-state index in [9.17, 15) is 9.59 Å². The van der Waals surface area contributed by atoms with E-state index in [0.717, 1.165) is 32.0 Å². The number of piperazine rings is 1. The van der Waals surface area contributed by atoms with Gasteiger partial charge in [-0.3, -0.25) is 14.2 Å². The zero-order valence-electron chi connectivity index (χ0n) is 18.3. The Labute approximate surface area is 186 Å². The van der Waals surface area contributed by atoms with E-state index in [1.165, 1.54) is 29.0 Å². The lowest BCUT2D eigenvalue weighted by Crippen LogP contribution is -2.46. The highest BCUT2D eigenvalue weighted by atomic mass is 16.2. The van der Waals surface area contributed by atoms with Crippen molar-refractivity contribution < 1.29 is 4.79 Å². The van der Waals surface area contributed by atoms with Crippen LogP contribution in [-0.2, 0) is 11.3 Å². The maximum atomic E-state index is 12.5. The second-order valence-electron chi connectivity index (χ2n) is 8.05. The van der Waals surface area contributed by atoms with Crippen LogP contribution in [0, 0.1) is 0 Å². The van der Waals surface area contributed by atoms with Gasteiger partial charge in [0.15, 0.2) is 0 Å². The van der Waals surface area contributed by atoms with Gasteiger partial charge in [0.2, 0.25) is 5.91 Å². The summed E-state index contributed by atoms with van der Waals surface area (Å²) in [6.45, 7) is 7.22. The molecule has 166 valence electrons. The van der Waals surface area contributed by atoms with Gasteiger partial charge in [-0.15, -0.1) is 0 Å². The van der Waals surface area contributed by atoms with Crippen molar-refractivity contribution in [3.8, 4) is 0 Å². The normalized spacial score (nSPS) is 14.0. The Bertz CT molecular complexity index is 1120. The van der Waals surface area contributed by atoms with Gasteiger partial charge in [-0.25, -0.2) is 15.0 Å². The van der Waals surface area contributed by atoms with Gasteiger partial charge in [-0.2, -0.15) is 0 Å². The lowest BCUT2D eigenvalue weighted by Gasteiger charge is -2.36. The Morgan fingerprint density at radius 3 is 2.41 bits per heavy atom. The summed E-state index contributed by atoms with van der Waals surface area (Å²) in [7, 11) is 0. The molecular formula is C23H27N7O2. The fourth-order valence-corrected chi connectivity index (χ4v) is 3.63. The van der Waals surface area contributed by atoms with E-state index in [1.54, 1.807) is 6.07 Å². The number of benzene rings is 1. The summed E-state index contributed by atoms with van der Waals surface area (Å²) in [6, 6.07) is 13.6. The Balaban J connectivity index is 1.36. The van der Waals surface area contributed by atoms with Crippen LogP contribution >= 0.6 is 0 Å². The van der Waals surface area contributed by atoms with Crippen molar-refractivity contribution in [1.29, 1.82) is 0 Å². The maximum Gasteiger partial charge on any atom is 0.254 e. The van der Waals surface area contributed by atoms with E-state index in [1.807, 2.05) is 32.0 Å².